The van der Waals surface area contributed by atoms with Crippen molar-refractivity contribution < 1.29 is 14.4 Å². The quantitative estimate of drug-likeness (QED) is 0.494. The van der Waals surface area contributed by atoms with Gasteiger partial charge in [-0.2, -0.15) is 5.10 Å². The third-order valence-electron chi connectivity index (χ3n) is 6.29. The number of hydrazone groups is 1. The summed E-state index contributed by atoms with van der Waals surface area (Å²) in [6, 6.07) is 5.71. The van der Waals surface area contributed by atoms with Gasteiger partial charge in [-0.05, 0) is 45.0 Å². The number of carbonyl (C=O) groups excluding carboxylic acids is 1. The summed E-state index contributed by atoms with van der Waals surface area (Å²) in [6.07, 6.45) is 1.80. The lowest BCUT2D eigenvalue weighted by molar-refractivity contribution is -0.118. The predicted octanol–water partition coefficient (Wildman–Crippen LogP) is 1.71. The van der Waals surface area contributed by atoms with E-state index in [1.54, 1.807) is 5.01 Å². The van der Waals surface area contributed by atoms with Crippen LogP contribution in [0.5, 0.6) is 5.75 Å². The van der Waals surface area contributed by atoms with Crippen LogP contribution in [0.1, 0.15) is 46.1 Å². The number of ether oxygens (including phenoxy) is 1. The minimum Gasteiger partial charge on any atom is -0.493 e. The zero-order valence-corrected chi connectivity index (χ0v) is 20.9. The van der Waals surface area contributed by atoms with E-state index in [0.29, 0.717) is 29.5 Å². The molecule has 3 heterocycles. The lowest BCUT2D eigenvalue weighted by Gasteiger charge is -2.36. The highest BCUT2D eigenvalue weighted by Gasteiger charge is 2.38. The van der Waals surface area contributed by atoms with Gasteiger partial charge in [0.05, 0.1) is 12.2 Å². The van der Waals surface area contributed by atoms with Gasteiger partial charge in [-0.25, -0.2) is 5.01 Å². The topological polar surface area (TPSA) is 92.7 Å². The van der Waals surface area contributed by atoms with Crippen LogP contribution in [-0.2, 0) is 4.79 Å². The Morgan fingerprint density at radius 2 is 1.97 bits per heavy atom. The summed E-state index contributed by atoms with van der Waals surface area (Å²) in [4.78, 5) is 26.5. The molecule has 1 aromatic carbocycles. The van der Waals surface area contributed by atoms with Gasteiger partial charge in [0.2, 0.25) is 0 Å². The molecular weight excluding hydrogens is 439 g/mol. The molecule has 0 aromatic heterocycles. The van der Waals surface area contributed by atoms with Crippen molar-refractivity contribution in [3.63, 3.8) is 0 Å². The van der Waals surface area contributed by atoms with Crippen molar-refractivity contribution in [1.82, 2.24) is 25.2 Å². The van der Waals surface area contributed by atoms with Crippen molar-refractivity contribution in [1.29, 1.82) is 0 Å². The van der Waals surface area contributed by atoms with Crippen LogP contribution in [0.15, 0.2) is 34.7 Å². The van der Waals surface area contributed by atoms with Crippen LogP contribution in [-0.4, -0.2) is 76.7 Å². The number of piperazine rings is 1. The third kappa shape index (κ3) is 4.87. The predicted molar refractivity (Wildman–Crippen MR) is 131 cm³/mol. The number of fused-ring (bicyclic) bond motifs is 1. The Morgan fingerprint density at radius 3 is 2.64 bits per heavy atom. The van der Waals surface area contributed by atoms with Crippen molar-refractivity contribution in [3.05, 3.63) is 35.2 Å². The van der Waals surface area contributed by atoms with E-state index in [4.69, 9.17) is 9.84 Å². The smallest absolute Gasteiger partial charge is 0.276 e. The molecule has 2 unspecified atom stereocenters. The van der Waals surface area contributed by atoms with E-state index in [1.165, 1.54) is 0 Å². The first-order valence-electron chi connectivity index (χ1n) is 11.9. The summed E-state index contributed by atoms with van der Waals surface area (Å²) in [6.45, 7) is 13.2. The lowest BCUT2D eigenvalue weighted by Crippen LogP contribution is -2.46. The average molecular weight is 475 g/mol. The van der Waals surface area contributed by atoms with Crippen LogP contribution in [0, 0.1) is 0 Å². The third-order valence-corrected chi connectivity index (χ3v) is 7.97. The van der Waals surface area contributed by atoms with Crippen molar-refractivity contribution in [3.8, 4) is 5.75 Å². The molecule has 4 rings (SSSR count). The first-order valence-corrected chi connectivity index (χ1v) is 13.1. The molecule has 0 aliphatic carbocycles. The number of benzene rings is 1. The van der Waals surface area contributed by atoms with Crippen LogP contribution < -0.4 is 20.7 Å². The second-order valence-corrected chi connectivity index (χ2v) is 10.1. The maximum Gasteiger partial charge on any atom is 0.276 e. The fraction of sp³-hybridized carbons (Fsp3) is 0.565. The number of likely N-dealkylation sites (N-methyl/N-ethyl adjacent to an activating group) is 1. The van der Waals surface area contributed by atoms with Gasteiger partial charge in [0, 0.05) is 37.2 Å². The molecule has 180 valence electrons. The molecule has 9 nitrogen and oxygen atoms in total. The summed E-state index contributed by atoms with van der Waals surface area (Å²) in [7, 11) is -1.47. The number of carbonyl (C=O) groups is 1. The minimum absolute atomic E-state index is 0.0467. The summed E-state index contributed by atoms with van der Waals surface area (Å²) in [5, 5.41) is 13.8. The van der Waals surface area contributed by atoms with E-state index in [0.717, 1.165) is 56.6 Å². The van der Waals surface area contributed by atoms with E-state index in [9.17, 15) is 9.69 Å². The fourth-order valence-corrected chi connectivity index (χ4v) is 5.84. The number of amidine groups is 1. The fourth-order valence-electron chi connectivity index (χ4n) is 4.50. The van der Waals surface area contributed by atoms with E-state index in [1.807, 2.05) is 32.0 Å². The Balaban J connectivity index is 1.65. The van der Waals surface area contributed by atoms with Gasteiger partial charge >= 0.3 is 0 Å². The van der Waals surface area contributed by atoms with Crippen LogP contribution in [0.4, 0.5) is 0 Å². The normalized spacial score (nSPS) is 22.6. The second kappa shape index (κ2) is 10.4. The molecule has 1 saturated heterocycles. The first kappa shape index (κ1) is 24.0. The maximum absolute atomic E-state index is 13.0. The van der Waals surface area contributed by atoms with Crippen LogP contribution in [0.2, 0.25) is 0 Å². The molecule has 1 amide bonds. The van der Waals surface area contributed by atoms with Crippen molar-refractivity contribution >= 4 is 25.3 Å². The molecule has 3 aliphatic rings. The molecule has 10 heteroatoms. The van der Waals surface area contributed by atoms with E-state index in [2.05, 4.69) is 34.1 Å². The molecule has 2 atom stereocenters. The Bertz CT molecular complexity index is 944. The minimum atomic E-state index is -1.47. The molecular formula is C23H35N6O3P. The highest BCUT2D eigenvalue weighted by Crippen LogP contribution is 2.37. The summed E-state index contributed by atoms with van der Waals surface area (Å²) >= 11 is 0. The Labute approximate surface area is 197 Å². The summed E-state index contributed by atoms with van der Waals surface area (Å²) < 4.78 is 8.02. The highest BCUT2D eigenvalue weighted by molar-refractivity contribution is 7.57. The summed E-state index contributed by atoms with van der Waals surface area (Å²) in [5.74, 6) is 0.909. The number of amides is 1. The number of hydrogen-bond donors (Lipinski definition) is 3. The SMILES string of the molecule is CCCC1NC(C)=C2C(=O)NC(c3cc(P(O)N4CCN(CC)CC4)ccc3OCC)=NN21. The monoisotopic (exact) mass is 474 g/mol. The zero-order valence-electron chi connectivity index (χ0n) is 20.0. The Morgan fingerprint density at radius 1 is 1.21 bits per heavy atom. The molecule has 0 radical (unpaired) electrons. The molecule has 1 fully saturated rings. The molecule has 3 aliphatic heterocycles. The van der Waals surface area contributed by atoms with Crippen LogP contribution in [0.3, 0.4) is 0 Å². The number of nitrogens with one attached hydrogen (secondary N) is 2. The van der Waals surface area contributed by atoms with Crippen molar-refractivity contribution in [2.24, 2.45) is 5.10 Å². The Kier molecular flexibility index (Phi) is 7.54. The van der Waals surface area contributed by atoms with Crippen LogP contribution >= 0.6 is 8.30 Å². The van der Waals surface area contributed by atoms with Gasteiger partial charge in [0.25, 0.3) is 5.91 Å². The standard InChI is InChI=1S/C23H35N6O3P/c1-5-8-20-24-16(4)21-23(30)25-22(26-29(20)21)18-15-17(9-10-19(18)32-7-3)33(31)28-13-11-27(6-2)12-14-28/h9-10,15,20,24,31H,5-8,11-14H2,1-4H3,(H,25,26,30). The maximum atomic E-state index is 13.0. The molecule has 1 aromatic rings. The second-order valence-electron chi connectivity index (χ2n) is 8.46. The van der Waals surface area contributed by atoms with E-state index in [-0.39, 0.29) is 12.1 Å². The Hall–Kier alpha value is -2.19. The van der Waals surface area contributed by atoms with Gasteiger partial charge in [-0.1, -0.05) is 20.3 Å². The van der Waals surface area contributed by atoms with Gasteiger partial charge in [0.15, 0.2) is 5.84 Å². The number of allylic oxidation sites excluding steroid dienone is 1. The molecule has 3 N–H and O–H groups in total. The van der Waals surface area contributed by atoms with E-state index >= 15 is 0 Å². The molecule has 0 spiro atoms. The van der Waals surface area contributed by atoms with Crippen LogP contribution in [0.25, 0.3) is 0 Å². The van der Waals surface area contributed by atoms with Gasteiger partial charge < -0.3 is 25.2 Å². The number of rotatable bonds is 8. The first-order chi connectivity index (χ1) is 16.0. The number of nitrogens with zero attached hydrogens (tertiary/aromatic N) is 4. The zero-order chi connectivity index (χ0) is 23.5. The molecule has 0 saturated carbocycles. The van der Waals surface area contributed by atoms with E-state index < -0.39 is 8.30 Å². The van der Waals surface area contributed by atoms with Crippen molar-refractivity contribution in [2.75, 3.05) is 39.3 Å². The van der Waals surface area contributed by atoms with Crippen molar-refractivity contribution in [2.45, 2.75) is 46.7 Å². The largest absolute Gasteiger partial charge is 0.493 e. The number of hydrogen-bond acceptors (Lipinski definition) is 8. The summed E-state index contributed by atoms with van der Waals surface area (Å²) in [5.41, 5.74) is 2.08. The van der Waals surface area contributed by atoms with Gasteiger partial charge in [0.1, 0.15) is 25.9 Å². The average Bonchev–Trinajstić information content (AvgIpc) is 3.15. The molecule has 33 heavy (non-hydrogen) atoms. The van der Waals surface area contributed by atoms with Gasteiger partial charge in [-0.15, -0.1) is 0 Å². The highest BCUT2D eigenvalue weighted by atomic mass is 31.2. The lowest BCUT2D eigenvalue weighted by atomic mass is 10.1. The molecule has 0 bridgehead atoms. The van der Waals surface area contributed by atoms with Gasteiger partial charge in [-0.3, -0.25) is 9.46 Å².